The average Bonchev–Trinajstić information content (AvgIpc) is 2.42. The highest BCUT2D eigenvalue weighted by atomic mass is 19.1. The fourth-order valence-electron chi connectivity index (χ4n) is 1.32. The molecule has 4 nitrogen and oxygen atoms in total. The molecule has 0 aromatic carbocycles. The lowest BCUT2D eigenvalue weighted by atomic mass is 10.1. The summed E-state index contributed by atoms with van der Waals surface area (Å²) < 4.78 is 33.9. The van der Waals surface area contributed by atoms with Gasteiger partial charge in [-0.3, -0.25) is 0 Å². The maximum absolute atomic E-state index is 12.4. The topological polar surface area (TPSA) is 58.9 Å². The molecule has 0 bridgehead atoms. The van der Waals surface area contributed by atoms with Crippen LogP contribution in [0.3, 0.4) is 0 Å². The minimum atomic E-state index is -1.92. The van der Waals surface area contributed by atoms with Crippen LogP contribution < -0.4 is 0 Å². The smallest absolute Gasteiger partial charge is 0.226 e. The summed E-state index contributed by atoms with van der Waals surface area (Å²) in [5, 5.41) is 18.5. The molecule has 0 aromatic rings. The van der Waals surface area contributed by atoms with Gasteiger partial charge in [0.15, 0.2) is 0 Å². The number of methoxy groups -OCH3 is 1. The van der Waals surface area contributed by atoms with E-state index in [2.05, 4.69) is 4.74 Å². The van der Waals surface area contributed by atoms with E-state index in [1.165, 1.54) is 0 Å². The second kappa shape index (κ2) is 3.83. The van der Waals surface area contributed by atoms with Crippen LogP contribution in [0.5, 0.6) is 0 Å². The molecule has 78 valence electrons. The van der Waals surface area contributed by atoms with Gasteiger partial charge in [-0.2, -0.15) is 0 Å². The van der Waals surface area contributed by atoms with Crippen molar-refractivity contribution in [3.05, 3.63) is 0 Å². The minimum absolute atomic E-state index is 0.997. The first kappa shape index (κ1) is 10.8. The van der Waals surface area contributed by atoms with Crippen LogP contribution in [0.2, 0.25) is 0 Å². The standard InChI is InChI=1S/C7H12F2O4/c1-12-7(3-9)6(11)5(10)4(2-8)13-7/h4-6,10-11H,2-3H2,1H3/t4-,5-,6+,7+/m1/s1. The Morgan fingerprint density at radius 1 is 1.46 bits per heavy atom. The van der Waals surface area contributed by atoms with Crippen molar-refractivity contribution in [3.63, 3.8) is 0 Å². The Morgan fingerprint density at radius 2 is 2.08 bits per heavy atom. The molecule has 0 radical (unpaired) electrons. The third kappa shape index (κ3) is 1.54. The van der Waals surface area contributed by atoms with Crippen molar-refractivity contribution in [2.75, 3.05) is 20.5 Å². The molecule has 1 heterocycles. The number of aliphatic hydroxyl groups excluding tert-OH is 2. The molecule has 0 amide bonds. The predicted molar refractivity (Wildman–Crippen MR) is 38.6 cm³/mol. The van der Waals surface area contributed by atoms with Gasteiger partial charge < -0.3 is 19.7 Å². The first-order valence-electron chi connectivity index (χ1n) is 3.82. The molecule has 6 heteroatoms. The van der Waals surface area contributed by atoms with E-state index in [0.717, 1.165) is 7.11 Å². The van der Waals surface area contributed by atoms with Crippen molar-refractivity contribution in [1.29, 1.82) is 0 Å². The Labute approximate surface area is 74.1 Å². The number of rotatable bonds is 3. The zero-order valence-electron chi connectivity index (χ0n) is 7.11. The van der Waals surface area contributed by atoms with E-state index in [-0.39, 0.29) is 0 Å². The number of hydrogen-bond acceptors (Lipinski definition) is 4. The number of ether oxygens (including phenoxy) is 2. The number of halogens is 2. The number of aliphatic hydroxyl groups is 2. The normalized spacial score (nSPS) is 45.5. The highest BCUT2D eigenvalue weighted by Crippen LogP contribution is 2.32. The average molecular weight is 198 g/mol. The molecule has 0 aliphatic carbocycles. The second-order valence-corrected chi connectivity index (χ2v) is 2.90. The maximum Gasteiger partial charge on any atom is 0.226 e. The summed E-state index contributed by atoms with van der Waals surface area (Å²) in [4.78, 5) is 0. The monoisotopic (exact) mass is 198 g/mol. The van der Waals surface area contributed by atoms with Gasteiger partial charge in [0, 0.05) is 7.11 Å². The largest absolute Gasteiger partial charge is 0.387 e. The van der Waals surface area contributed by atoms with Crippen molar-refractivity contribution < 1.29 is 28.5 Å². The summed E-state index contributed by atoms with van der Waals surface area (Å²) >= 11 is 0. The molecule has 1 fully saturated rings. The molecule has 4 atom stereocenters. The van der Waals surface area contributed by atoms with Gasteiger partial charge in [-0.1, -0.05) is 0 Å². The summed E-state index contributed by atoms with van der Waals surface area (Å²) in [5.41, 5.74) is 0. The third-order valence-electron chi connectivity index (χ3n) is 2.19. The Balaban J connectivity index is 2.79. The van der Waals surface area contributed by atoms with Gasteiger partial charge in [-0.25, -0.2) is 8.78 Å². The fraction of sp³-hybridized carbons (Fsp3) is 1.00. The van der Waals surface area contributed by atoms with Gasteiger partial charge in [0.2, 0.25) is 5.79 Å². The maximum atomic E-state index is 12.4. The van der Waals surface area contributed by atoms with E-state index < -0.39 is 37.4 Å². The molecular formula is C7H12F2O4. The van der Waals surface area contributed by atoms with Crippen LogP contribution in [-0.4, -0.2) is 54.8 Å². The van der Waals surface area contributed by atoms with Crippen LogP contribution in [0.15, 0.2) is 0 Å². The second-order valence-electron chi connectivity index (χ2n) is 2.90. The molecule has 1 aliphatic heterocycles. The van der Waals surface area contributed by atoms with E-state index in [1.807, 2.05) is 0 Å². The molecule has 0 saturated carbocycles. The van der Waals surface area contributed by atoms with Gasteiger partial charge >= 0.3 is 0 Å². The highest BCUT2D eigenvalue weighted by molar-refractivity contribution is 4.96. The first-order valence-corrected chi connectivity index (χ1v) is 3.82. The summed E-state index contributed by atoms with van der Waals surface area (Å²) in [5.74, 6) is -1.92. The molecule has 2 N–H and O–H groups in total. The Morgan fingerprint density at radius 3 is 2.31 bits per heavy atom. The fourth-order valence-corrected chi connectivity index (χ4v) is 1.32. The zero-order chi connectivity index (χ0) is 10.1. The molecular weight excluding hydrogens is 186 g/mol. The van der Waals surface area contributed by atoms with Crippen molar-refractivity contribution in [1.82, 2.24) is 0 Å². The van der Waals surface area contributed by atoms with Gasteiger partial charge in [-0.15, -0.1) is 0 Å². The third-order valence-corrected chi connectivity index (χ3v) is 2.19. The summed E-state index contributed by atoms with van der Waals surface area (Å²) in [6, 6.07) is 0. The molecule has 0 aromatic heterocycles. The van der Waals surface area contributed by atoms with Gasteiger partial charge in [-0.05, 0) is 0 Å². The predicted octanol–water partition coefficient (Wildman–Crippen LogP) is -0.611. The number of alkyl halides is 2. The molecule has 1 rings (SSSR count). The minimum Gasteiger partial charge on any atom is -0.387 e. The van der Waals surface area contributed by atoms with Gasteiger partial charge in [0.05, 0.1) is 0 Å². The van der Waals surface area contributed by atoms with Crippen molar-refractivity contribution >= 4 is 0 Å². The Kier molecular flexibility index (Phi) is 3.18. The SMILES string of the molecule is CO[C@@]1(CF)O[C@H](CF)[C@@H](O)[C@@H]1O. The highest BCUT2D eigenvalue weighted by Gasteiger charge is 2.55. The van der Waals surface area contributed by atoms with Crippen molar-refractivity contribution in [3.8, 4) is 0 Å². The van der Waals surface area contributed by atoms with Crippen LogP contribution in [0.1, 0.15) is 0 Å². The van der Waals surface area contributed by atoms with Crippen molar-refractivity contribution in [2.24, 2.45) is 0 Å². The first-order chi connectivity index (χ1) is 6.11. The van der Waals surface area contributed by atoms with Crippen LogP contribution in [0.4, 0.5) is 8.78 Å². The van der Waals surface area contributed by atoms with Crippen LogP contribution >= 0.6 is 0 Å². The van der Waals surface area contributed by atoms with Crippen LogP contribution in [0, 0.1) is 0 Å². The summed E-state index contributed by atoms with van der Waals surface area (Å²) in [7, 11) is 1.12. The zero-order valence-corrected chi connectivity index (χ0v) is 7.11. The lowest BCUT2D eigenvalue weighted by Gasteiger charge is -2.26. The number of hydrogen-bond donors (Lipinski definition) is 2. The molecule has 1 aliphatic rings. The Bertz CT molecular complexity index is 174. The summed E-state index contributed by atoms with van der Waals surface area (Å²) in [6.45, 7) is -2.14. The Hall–Kier alpha value is -0.300. The van der Waals surface area contributed by atoms with E-state index in [9.17, 15) is 19.0 Å². The molecule has 13 heavy (non-hydrogen) atoms. The van der Waals surface area contributed by atoms with Gasteiger partial charge in [0.25, 0.3) is 0 Å². The van der Waals surface area contributed by atoms with E-state index in [0.29, 0.717) is 0 Å². The molecule has 1 saturated heterocycles. The quantitative estimate of drug-likeness (QED) is 0.635. The molecule has 0 spiro atoms. The molecule has 0 unspecified atom stereocenters. The summed E-state index contributed by atoms with van der Waals surface area (Å²) in [6.07, 6.45) is -4.25. The lowest BCUT2D eigenvalue weighted by Crippen LogP contribution is -2.46. The van der Waals surface area contributed by atoms with Crippen molar-refractivity contribution in [2.45, 2.75) is 24.1 Å². The van der Waals surface area contributed by atoms with Crippen LogP contribution in [0.25, 0.3) is 0 Å². The van der Waals surface area contributed by atoms with Gasteiger partial charge in [0.1, 0.15) is 31.7 Å². The van der Waals surface area contributed by atoms with E-state index in [1.54, 1.807) is 0 Å². The van der Waals surface area contributed by atoms with E-state index >= 15 is 0 Å². The van der Waals surface area contributed by atoms with Crippen LogP contribution in [-0.2, 0) is 9.47 Å². The lowest BCUT2D eigenvalue weighted by molar-refractivity contribution is -0.252. The van der Waals surface area contributed by atoms with E-state index in [4.69, 9.17) is 4.74 Å².